The van der Waals surface area contributed by atoms with Gasteiger partial charge in [0.15, 0.2) is 0 Å². The molecule has 3 heteroatoms. The van der Waals surface area contributed by atoms with Crippen molar-refractivity contribution in [2.24, 2.45) is 0 Å². The summed E-state index contributed by atoms with van der Waals surface area (Å²) >= 11 is 0. The van der Waals surface area contributed by atoms with Gasteiger partial charge in [0.1, 0.15) is 5.82 Å². The largest absolute Gasteiger partial charge is 0.353 e. The molecule has 1 atom stereocenters. The van der Waals surface area contributed by atoms with Crippen molar-refractivity contribution in [3.05, 3.63) is 23.4 Å². The van der Waals surface area contributed by atoms with Crippen LogP contribution in [0.4, 0.5) is 5.82 Å². The molecule has 1 aliphatic heterocycles. The maximum atomic E-state index is 4.74. The van der Waals surface area contributed by atoms with Gasteiger partial charge < -0.3 is 10.2 Å². The van der Waals surface area contributed by atoms with E-state index in [0.29, 0.717) is 6.04 Å². The standard InChI is InChI=1S/C16H27N3/c1-4-7-15-8-5-6-9-19(15)16-13(2)10-14(11-17-3)12-18-16/h10,12,15,17H,4-9,11H2,1-3H3. The van der Waals surface area contributed by atoms with Crippen LogP contribution in [0.15, 0.2) is 12.3 Å². The molecule has 1 aromatic heterocycles. The second kappa shape index (κ2) is 6.90. The lowest BCUT2D eigenvalue weighted by Crippen LogP contribution is -2.40. The topological polar surface area (TPSA) is 28.2 Å². The number of anilines is 1. The second-order valence-electron chi connectivity index (χ2n) is 5.65. The molecule has 0 saturated carbocycles. The van der Waals surface area contributed by atoms with E-state index in [1.807, 2.05) is 13.2 Å². The van der Waals surface area contributed by atoms with E-state index in [2.05, 4.69) is 30.1 Å². The molecule has 1 fully saturated rings. The predicted molar refractivity (Wildman–Crippen MR) is 81.6 cm³/mol. The van der Waals surface area contributed by atoms with Crippen LogP contribution in [0.2, 0.25) is 0 Å². The van der Waals surface area contributed by atoms with Crippen molar-refractivity contribution in [3.8, 4) is 0 Å². The molecule has 3 nitrogen and oxygen atoms in total. The van der Waals surface area contributed by atoms with Crippen molar-refractivity contribution in [3.63, 3.8) is 0 Å². The number of hydrogen-bond acceptors (Lipinski definition) is 3. The summed E-state index contributed by atoms with van der Waals surface area (Å²) in [5.41, 5.74) is 2.59. The van der Waals surface area contributed by atoms with Gasteiger partial charge in [-0.2, -0.15) is 0 Å². The number of aryl methyl sites for hydroxylation is 1. The Balaban J connectivity index is 2.18. The Kier molecular flexibility index (Phi) is 5.20. The van der Waals surface area contributed by atoms with Crippen LogP contribution in [0.3, 0.4) is 0 Å². The molecule has 1 aliphatic rings. The van der Waals surface area contributed by atoms with Crippen LogP contribution in [0.5, 0.6) is 0 Å². The van der Waals surface area contributed by atoms with Crippen molar-refractivity contribution < 1.29 is 0 Å². The Labute approximate surface area is 117 Å². The van der Waals surface area contributed by atoms with Crippen molar-refractivity contribution in [2.45, 2.75) is 58.5 Å². The van der Waals surface area contributed by atoms with Crippen molar-refractivity contribution >= 4 is 5.82 Å². The molecule has 0 spiro atoms. The minimum Gasteiger partial charge on any atom is -0.353 e. The Bertz CT molecular complexity index is 401. The normalized spacial score (nSPS) is 19.7. The lowest BCUT2D eigenvalue weighted by molar-refractivity contribution is 0.431. The molecular formula is C16H27N3. The number of hydrogen-bond donors (Lipinski definition) is 1. The molecule has 0 radical (unpaired) electrons. The zero-order valence-electron chi connectivity index (χ0n) is 12.6. The number of nitrogens with zero attached hydrogens (tertiary/aromatic N) is 2. The minimum atomic E-state index is 0.695. The molecule has 0 bridgehead atoms. The molecule has 106 valence electrons. The minimum absolute atomic E-state index is 0.695. The molecule has 0 amide bonds. The summed E-state index contributed by atoms with van der Waals surface area (Å²) in [4.78, 5) is 7.29. The lowest BCUT2D eigenvalue weighted by Gasteiger charge is -2.37. The molecular weight excluding hydrogens is 234 g/mol. The fourth-order valence-corrected chi connectivity index (χ4v) is 3.14. The Morgan fingerprint density at radius 3 is 2.95 bits per heavy atom. The van der Waals surface area contributed by atoms with E-state index >= 15 is 0 Å². The number of pyridine rings is 1. The Morgan fingerprint density at radius 2 is 2.26 bits per heavy atom. The molecule has 2 rings (SSSR count). The van der Waals surface area contributed by atoms with E-state index in [4.69, 9.17) is 4.98 Å². The first kappa shape index (κ1) is 14.3. The quantitative estimate of drug-likeness (QED) is 0.881. The number of nitrogens with one attached hydrogen (secondary N) is 1. The van der Waals surface area contributed by atoms with Crippen LogP contribution in [0.1, 0.15) is 50.2 Å². The zero-order chi connectivity index (χ0) is 13.7. The van der Waals surface area contributed by atoms with E-state index in [1.54, 1.807) is 0 Å². The summed E-state index contributed by atoms with van der Waals surface area (Å²) in [6.07, 6.45) is 8.58. The molecule has 1 unspecified atom stereocenters. The smallest absolute Gasteiger partial charge is 0.131 e. The average Bonchev–Trinajstić information content (AvgIpc) is 2.41. The molecule has 1 saturated heterocycles. The van der Waals surface area contributed by atoms with Gasteiger partial charge in [0.2, 0.25) is 0 Å². The summed E-state index contributed by atoms with van der Waals surface area (Å²) in [6, 6.07) is 2.97. The van der Waals surface area contributed by atoms with Gasteiger partial charge in [-0.1, -0.05) is 13.3 Å². The van der Waals surface area contributed by atoms with Gasteiger partial charge in [-0.15, -0.1) is 0 Å². The first-order chi connectivity index (χ1) is 9.26. The van der Waals surface area contributed by atoms with E-state index in [9.17, 15) is 0 Å². The Morgan fingerprint density at radius 1 is 1.42 bits per heavy atom. The summed E-state index contributed by atoms with van der Waals surface area (Å²) in [5.74, 6) is 1.21. The fourth-order valence-electron chi connectivity index (χ4n) is 3.14. The fraction of sp³-hybridized carbons (Fsp3) is 0.688. The van der Waals surface area contributed by atoms with Gasteiger partial charge >= 0.3 is 0 Å². The first-order valence-corrected chi connectivity index (χ1v) is 7.63. The number of rotatable bonds is 5. The van der Waals surface area contributed by atoms with Gasteiger partial charge in [0, 0.05) is 25.3 Å². The van der Waals surface area contributed by atoms with Crippen LogP contribution in [0.25, 0.3) is 0 Å². The maximum Gasteiger partial charge on any atom is 0.131 e. The molecule has 1 aromatic rings. The van der Waals surface area contributed by atoms with Gasteiger partial charge in [0.25, 0.3) is 0 Å². The third-order valence-corrected chi connectivity index (χ3v) is 4.01. The molecule has 19 heavy (non-hydrogen) atoms. The third kappa shape index (κ3) is 3.47. The SMILES string of the molecule is CCCC1CCCCN1c1ncc(CNC)cc1C. The second-order valence-corrected chi connectivity index (χ2v) is 5.65. The third-order valence-electron chi connectivity index (χ3n) is 4.01. The van der Waals surface area contributed by atoms with E-state index in [1.165, 1.54) is 55.6 Å². The van der Waals surface area contributed by atoms with Gasteiger partial charge in [-0.3, -0.25) is 0 Å². The highest BCUT2D eigenvalue weighted by Gasteiger charge is 2.23. The van der Waals surface area contributed by atoms with E-state index in [0.717, 1.165) is 6.54 Å². The summed E-state index contributed by atoms with van der Waals surface area (Å²) in [7, 11) is 1.98. The van der Waals surface area contributed by atoms with Crippen LogP contribution >= 0.6 is 0 Å². The lowest BCUT2D eigenvalue weighted by atomic mass is 9.97. The summed E-state index contributed by atoms with van der Waals surface area (Å²) in [6.45, 7) is 6.54. The molecule has 0 aliphatic carbocycles. The monoisotopic (exact) mass is 261 g/mol. The number of aromatic nitrogens is 1. The van der Waals surface area contributed by atoms with Crippen LogP contribution in [-0.4, -0.2) is 24.6 Å². The van der Waals surface area contributed by atoms with Gasteiger partial charge in [0.05, 0.1) is 0 Å². The highest BCUT2D eigenvalue weighted by Crippen LogP contribution is 2.28. The molecule has 2 heterocycles. The summed E-state index contributed by atoms with van der Waals surface area (Å²) in [5, 5.41) is 3.19. The van der Waals surface area contributed by atoms with Gasteiger partial charge in [-0.05, 0) is 56.8 Å². The highest BCUT2D eigenvalue weighted by molar-refractivity contribution is 5.48. The first-order valence-electron chi connectivity index (χ1n) is 7.63. The summed E-state index contributed by atoms with van der Waals surface area (Å²) < 4.78 is 0. The average molecular weight is 261 g/mol. The molecule has 0 aromatic carbocycles. The van der Waals surface area contributed by atoms with Gasteiger partial charge in [-0.25, -0.2) is 4.98 Å². The van der Waals surface area contributed by atoms with Crippen molar-refractivity contribution in [2.75, 3.05) is 18.5 Å². The maximum absolute atomic E-state index is 4.74. The van der Waals surface area contributed by atoms with Crippen LogP contribution < -0.4 is 10.2 Å². The van der Waals surface area contributed by atoms with Crippen LogP contribution in [-0.2, 0) is 6.54 Å². The Hall–Kier alpha value is -1.09. The zero-order valence-corrected chi connectivity index (χ0v) is 12.6. The highest BCUT2D eigenvalue weighted by atomic mass is 15.2. The van der Waals surface area contributed by atoms with Crippen molar-refractivity contribution in [1.29, 1.82) is 0 Å². The van der Waals surface area contributed by atoms with Crippen molar-refractivity contribution in [1.82, 2.24) is 10.3 Å². The van der Waals surface area contributed by atoms with E-state index in [-0.39, 0.29) is 0 Å². The predicted octanol–water partition coefficient (Wildman–Crippen LogP) is 3.27. The number of piperidine rings is 1. The van der Waals surface area contributed by atoms with E-state index < -0.39 is 0 Å². The molecule has 1 N–H and O–H groups in total. The van der Waals surface area contributed by atoms with Crippen LogP contribution in [0, 0.1) is 6.92 Å².